The van der Waals surface area contributed by atoms with Crippen molar-refractivity contribution >= 4 is 11.6 Å². The molecule has 0 aliphatic rings. The predicted octanol–water partition coefficient (Wildman–Crippen LogP) is 2.51. The molecule has 1 aromatic carbocycles. The molecule has 21 heavy (non-hydrogen) atoms. The maximum atomic E-state index is 12.8. The van der Waals surface area contributed by atoms with E-state index >= 15 is 0 Å². The number of rotatable bonds is 4. The minimum Gasteiger partial charge on any atom is -0.472 e. The highest BCUT2D eigenvalue weighted by Crippen LogP contribution is 2.36. The van der Waals surface area contributed by atoms with E-state index in [4.69, 9.17) is 10.3 Å². The van der Waals surface area contributed by atoms with Crippen molar-refractivity contribution < 1.29 is 22.4 Å². The molecule has 0 unspecified atom stereocenters. The van der Waals surface area contributed by atoms with Crippen LogP contribution in [0, 0.1) is 0 Å². The SMILES string of the molecule is NNc1c(C(=O)NCc2ccoc2)cccc1C(F)(F)F. The van der Waals surface area contributed by atoms with Crippen LogP contribution in [0.1, 0.15) is 21.5 Å². The van der Waals surface area contributed by atoms with Crippen LogP contribution in [0.2, 0.25) is 0 Å². The average Bonchev–Trinajstić information content (AvgIpc) is 2.96. The van der Waals surface area contributed by atoms with Crippen LogP contribution in [-0.4, -0.2) is 5.91 Å². The number of carbonyl (C=O) groups is 1. The van der Waals surface area contributed by atoms with E-state index in [-0.39, 0.29) is 12.1 Å². The smallest absolute Gasteiger partial charge is 0.418 e. The van der Waals surface area contributed by atoms with Gasteiger partial charge in [0.1, 0.15) is 0 Å². The number of hydrogen-bond acceptors (Lipinski definition) is 4. The van der Waals surface area contributed by atoms with Gasteiger partial charge in [0.15, 0.2) is 0 Å². The van der Waals surface area contributed by atoms with Crippen molar-refractivity contribution in [1.82, 2.24) is 5.32 Å². The zero-order valence-corrected chi connectivity index (χ0v) is 10.7. The van der Waals surface area contributed by atoms with Crippen LogP contribution < -0.4 is 16.6 Å². The van der Waals surface area contributed by atoms with E-state index < -0.39 is 23.3 Å². The number of nitrogen functional groups attached to an aromatic ring is 1. The largest absolute Gasteiger partial charge is 0.472 e. The molecule has 1 amide bonds. The number of nitrogens with one attached hydrogen (secondary N) is 2. The fourth-order valence-corrected chi connectivity index (χ4v) is 1.80. The van der Waals surface area contributed by atoms with E-state index in [9.17, 15) is 18.0 Å². The standard InChI is InChI=1S/C13H12F3N3O2/c14-13(15,16)10-3-1-2-9(11(10)19-17)12(20)18-6-8-4-5-21-7-8/h1-5,7,19H,6,17H2,(H,18,20). The summed E-state index contributed by atoms with van der Waals surface area (Å²) in [5.74, 6) is 4.46. The van der Waals surface area contributed by atoms with E-state index in [1.165, 1.54) is 18.6 Å². The number of anilines is 1. The first-order valence-corrected chi connectivity index (χ1v) is 5.89. The summed E-state index contributed by atoms with van der Waals surface area (Å²) in [5.41, 5.74) is 0.991. The molecule has 0 saturated carbocycles. The Morgan fingerprint density at radius 2 is 2.05 bits per heavy atom. The number of nitrogens with two attached hydrogens (primary N) is 1. The first kappa shape index (κ1) is 14.9. The molecule has 1 aromatic heterocycles. The quantitative estimate of drug-likeness (QED) is 0.598. The van der Waals surface area contributed by atoms with Gasteiger partial charge in [0.2, 0.25) is 0 Å². The lowest BCUT2D eigenvalue weighted by atomic mass is 10.1. The lowest BCUT2D eigenvalue weighted by molar-refractivity contribution is -0.137. The Balaban J connectivity index is 2.24. The molecule has 0 aliphatic heterocycles. The van der Waals surface area contributed by atoms with E-state index in [1.54, 1.807) is 6.07 Å². The molecule has 0 bridgehead atoms. The summed E-state index contributed by atoms with van der Waals surface area (Å²) in [6, 6.07) is 4.89. The Morgan fingerprint density at radius 3 is 2.62 bits per heavy atom. The van der Waals surface area contributed by atoms with Crippen molar-refractivity contribution in [3.8, 4) is 0 Å². The summed E-state index contributed by atoms with van der Waals surface area (Å²) < 4.78 is 43.4. The molecule has 0 aliphatic carbocycles. The van der Waals surface area contributed by atoms with E-state index in [0.717, 1.165) is 12.1 Å². The normalized spacial score (nSPS) is 11.2. The molecular weight excluding hydrogens is 287 g/mol. The molecular formula is C13H12F3N3O2. The lowest BCUT2D eigenvalue weighted by Crippen LogP contribution is -2.26. The van der Waals surface area contributed by atoms with Crippen molar-refractivity contribution in [2.45, 2.75) is 12.7 Å². The molecule has 2 aromatic rings. The van der Waals surface area contributed by atoms with Crippen LogP contribution in [0.4, 0.5) is 18.9 Å². The summed E-state index contributed by atoms with van der Waals surface area (Å²) in [6.07, 6.45) is -1.75. The third-order valence-electron chi connectivity index (χ3n) is 2.79. The number of halogens is 3. The van der Waals surface area contributed by atoms with Crippen molar-refractivity contribution in [1.29, 1.82) is 0 Å². The van der Waals surface area contributed by atoms with E-state index in [0.29, 0.717) is 5.56 Å². The van der Waals surface area contributed by atoms with Crippen molar-refractivity contribution in [3.05, 3.63) is 53.5 Å². The second-order valence-electron chi connectivity index (χ2n) is 4.18. The molecule has 0 atom stereocenters. The van der Waals surface area contributed by atoms with Crippen LogP contribution in [0.3, 0.4) is 0 Å². The molecule has 8 heteroatoms. The zero-order valence-electron chi connectivity index (χ0n) is 10.7. The molecule has 2 rings (SSSR count). The van der Waals surface area contributed by atoms with Crippen molar-refractivity contribution in [2.75, 3.05) is 5.43 Å². The van der Waals surface area contributed by atoms with Gasteiger partial charge in [-0.15, -0.1) is 0 Å². The monoisotopic (exact) mass is 299 g/mol. The first-order valence-electron chi connectivity index (χ1n) is 5.89. The van der Waals surface area contributed by atoms with Gasteiger partial charge in [-0.25, -0.2) is 0 Å². The Kier molecular flexibility index (Phi) is 4.18. The Bertz CT molecular complexity index is 624. The van der Waals surface area contributed by atoms with Gasteiger partial charge in [0, 0.05) is 12.1 Å². The number of benzene rings is 1. The molecule has 0 saturated heterocycles. The zero-order chi connectivity index (χ0) is 15.5. The fraction of sp³-hybridized carbons (Fsp3) is 0.154. The van der Waals surface area contributed by atoms with Crippen LogP contribution in [0.25, 0.3) is 0 Å². The van der Waals surface area contributed by atoms with Gasteiger partial charge in [-0.2, -0.15) is 13.2 Å². The Morgan fingerprint density at radius 1 is 1.29 bits per heavy atom. The number of hydrazine groups is 1. The first-order chi connectivity index (χ1) is 9.93. The Hall–Kier alpha value is -2.48. The van der Waals surface area contributed by atoms with Crippen LogP contribution in [0.15, 0.2) is 41.2 Å². The molecule has 112 valence electrons. The highest BCUT2D eigenvalue weighted by Gasteiger charge is 2.35. The van der Waals surface area contributed by atoms with Gasteiger partial charge >= 0.3 is 6.18 Å². The third-order valence-corrected chi connectivity index (χ3v) is 2.79. The summed E-state index contributed by atoms with van der Waals surface area (Å²) >= 11 is 0. The van der Waals surface area contributed by atoms with Gasteiger partial charge in [-0.3, -0.25) is 10.6 Å². The molecule has 0 fully saturated rings. The number of furan rings is 1. The molecule has 1 heterocycles. The number of alkyl halides is 3. The number of carbonyl (C=O) groups excluding carboxylic acids is 1. The second-order valence-corrected chi connectivity index (χ2v) is 4.18. The minimum atomic E-state index is -4.61. The van der Waals surface area contributed by atoms with Crippen molar-refractivity contribution in [3.63, 3.8) is 0 Å². The summed E-state index contributed by atoms with van der Waals surface area (Å²) in [5, 5.41) is 2.49. The number of hydrogen-bond donors (Lipinski definition) is 3. The molecule has 0 radical (unpaired) electrons. The third kappa shape index (κ3) is 3.34. The summed E-state index contributed by atoms with van der Waals surface area (Å²) in [7, 11) is 0. The van der Waals surface area contributed by atoms with Gasteiger partial charge in [0.25, 0.3) is 5.91 Å². The minimum absolute atomic E-state index is 0.135. The van der Waals surface area contributed by atoms with E-state index in [2.05, 4.69) is 5.32 Å². The van der Waals surface area contributed by atoms with E-state index in [1.807, 2.05) is 5.43 Å². The highest BCUT2D eigenvalue weighted by atomic mass is 19.4. The molecule has 0 spiro atoms. The van der Waals surface area contributed by atoms with Crippen LogP contribution >= 0.6 is 0 Å². The predicted molar refractivity (Wildman–Crippen MR) is 69.1 cm³/mol. The van der Waals surface area contributed by atoms with Gasteiger partial charge < -0.3 is 15.2 Å². The van der Waals surface area contributed by atoms with Gasteiger partial charge in [-0.1, -0.05) is 6.07 Å². The number of para-hydroxylation sites is 1. The van der Waals surface area contributed by atoms with Crippen LogP contribution in [-0.2, 0) is 12.7 Å². The maximum Gasteiger partial charge on any atom is 0.418 e. The van der Waals surface area contributed by atoms with Gasteiger partial charge in [-0.05, 0) is 18.2 Å². The molecule has 4 N–H and O–H groups in total. The van der Waals surface area contributed by atoms with Crippen molar-refractivity contribution in [2.24, 2.45) is 5.84 Å². The lowest BCUT2D eigenvalue weighted by Gasteiger charge is -2.15. The highest BCUT2D eigenvalue weighted by molar-refractivity contribution is 6.00. The van der Waals surface area contributed by atoms with Crippen LogP contribution in [0.5, 0.6) is 0 Å². The summed E-state index contributed by atoms with van der Waals surface area (Å²) in [6.45, 7) is 0.135. The average molecular weight is 299 g/mol. The topological polar surface area (TPSA) is 80.3 Å². The maximum absolute atomic E-state index is 12.8. The number of amides is 1. The fourth-order valence-electron chi connectivity index (χ4n) is 1.80. The summed E-state index contributed by atoms with van der Waals surface area (Å²) in [4.78, 5) is 12.0. The molecule has 5 nitrogen and oxygen atoms in total. The second kappa shape index (κ2) is 5.88. The van der Waals surface area contributed by atoms with Gasteiger partial charge in [0.05, 0.1) is 29.3 Å². The Labute approximate surface area is 117 Å².